The molecule has 9 N–H and O–H groups in total. The number of carbonyl (C=O) groups excluding carboxylic acids is 1. The van der Waals surface area contributed by atoms with Crippen molar-refractivity contribution in [3.05, 3.63) is 24.3 Å². The number of esters is 1. The van der Waals surface area contributed by atoms with Gasteiger partial charge in [0.05, 0.1) is 123 Å². The van der Waals surface area contributed by atoms with E-state index in [-0.39, 0.29) is 74.8 Å². The number of carbonyl (C=O) groups is 2. The summed E-state index contributed by atoms with van der Waals surface area (Å²) in [6.45, 7) is 8.79. The molecule has 15 aliphatic heterocycles. The zero-order valence-corrected chi connectivity index (χ0v) is 43.9. The number of aliphatic hydroxyl groups is 4. The van der Waals surface area contributed by atoms with Gasteiger partial charge in [-0.1, -0.05) is 13.2 Å². The quantitative estimate of drug-likeness (QED) is 0.149. The Labute approximate surface area is 452 Å². The first-order chi connectivity index (χ1) is 37.4. The molecule has 0 aromatic heterocycles. The fourth-order valence-electron chi connectivity index (χ4n) is 16.3. The average Bonchev–Trinajstić information content (AvgIpc) is 3.35. The fourth-order valence-corrected chi connectivity index (χ4v) is 16.3. The van der Waals surface area contributed by atoms with Crippen molar-refractivity contribution >= 4 is 11.9 Å². The van der Waals surface area contributed by atoms with Crippen LogP contribution in [0, 0.1) is 0 Å². The van der Waals surface area contributed by atoms with Crippen molar-refractivity contribution in [2.24, 2.45) is 11.5 Å². The first-order valence-electron chi connectivity index (χ1n) is 29.1. The molecular formula is C55H78N2O21. The number of fused-ring (bicyclic) bond motifs is 9. The summed E-state index contributed by atoms with van der Waals surface area (Å²) in [5.74, 6) is -6.34. The molecule has 0 saturated carbocycles. The van der Waals surface area contributed by atoms with E-state index in [1.54, 1.807) is 0 Å². The summed E-state index contributed by atoms with van der Waals surface area (Å²) in [4.78, 5) is 25.8. The summed E-state index contributed by atoms with van der Waals surface area (Å²) in [6, 6.07) is -0.891. The summed E-state index contributed by atoms with van der Waals surface area (Å²) in [5.41, 5.74) is 15.2. The third kappa shape index (κ3) is 9.38. The van der Waals surface area contributed by atoms with Crippen LogP contribution in [0.4, 0.5) is 0 Å². The van der Waals surface area contributed by atoms with Crippen LogP contribution in [0.2, 0.25) is 0 Å². The Morgan fingerprint density at radius 2 is 1.32 bits per heavy atom. The van der Waals surface area contributed by atoms with E-state index in [0.717, 1.165) is 11.1 Å². The maximum absolute atomic E-state index is 14.3. The van der Waals surface area contributed by atoms with Crippen molar-refractivity contribution in [2.45, 2.75) is 304 Å². The van der Waals surface area contributed by atoms with Crippen LogP contribution in [0.5, 0.6) is 0 Å². The summed E-state index contributed by atoms with van der Waals surface area (Å²) < 4.78 is 92.6. The minimum Gasteiger partial charge on any atom is -0.481 e. The molecule has 12 bridgehead atoms. The largest absolute Gasteiger partial charge is 0.481 e. The van der Waals surface area contributed by atoms with Crippen LogP contribution in [0.3, 0.4) is 0 Å². The van der Waals surface area contributed by atoms with Crippen LogP contribution in [-0.2, 0) is 75.9 Å². The molecule has 0 aliphatic carbocycles. The van der Waals surface area contributed by atoms with Gasteiger partial charge in [0.1, 0.15) is 36.6 Å². The van der Waals surface area contributed by atoms with Gasteiger partial charge in [0.2, 0.25) is 11.6 Å². The molecule has 15 heterocycles. The Bertz CT molecular complexity index is 2340. The predicted molar refractivity (Wildman–Crippen MR) is 262 cm³/mol. The van der Waals surface area contributed by atoms with E-state index in [1.807, 2.05) is 0 Å². The van der Waals surface area contributed by atoms with Crippen molar-refractivity contribution < 1.29 is 101 Å². The van der Waals surface area contributed by atoms with E-state index < -0.39 is 151 Å². The molecule has 0 radical (unpaired) electrons. The lowest BCUT2D eigenvalue weighted by molar-refractivity contribution is -0.363. The third-order valence-electron chi connectivity index (χ3n) is 20.2. The van der Waals surface area contributed by atoms with Crippen molar-refractivity contribution in [1.29, 1.82) is 0 Å². The zero-order valence-electron chi connectivity index (χ0n) is 43.9. The van der Waals surface area contributed by atoms with Crippen LogP contribution >= 0.6 is 0 Å². The fraction of sp³-hybridized carbons (Fsp3) is 0.891. The minimum atomic E-state index is -2.05. The molecule has 0 aromatic carbocycles. The molecule has 0 aromatic rings. The maximum atomic E-state index is 14.3. The molecule has 2 spiro atoms. The SMILES string of the molecule is C=C1C[C@@H]2CC[C@]34O[C@H]5[C@H]6O[C@H](CC[C@@H]6OC6[C@H]5OC(O)(C3O)[C@H]6O4)CC(=O)O[C@@H]3CC4OC5C[C@H](C[C@@H]6O[C@@]7(CC[C@@H]6O)C[C@H](N)[C@@H]6O[C@H](CC(=O)O)[C@H](O)C[C@@H]6O7)O[C@@H]5C[C@@H]4O[C@H]3C[C@H]3O[C@@H](CC[C@@H]1O2)C[C@@H](N)C3=C. The Morgan fingerprint density at radius 3 is 2.14 bits per heavy atom. The second-order valence-electron chi connectivity index (χ2n) is 25.4. The third-order valence-corrected chi connectivity index (χ3v) is 20.2. The van der Waals surface area contributed by atoms with E-state index in [4.69, 9.17) is 77.8 Å². The number of rotatable bonds is 4. The average molecular weight is 1100 g/mol. The molecule has 15 saturated heterocycles. The van der Waals surface area contributed by atoms with Gasteiger partial charge in [0.15, 0.2) is 11.9 Å². The highest BCUT2D eigenvalue weighted by molar-refractivity contribution is 5.70. The van der Waals surface area contributed by atoms with Gasteiger partial charge < -0.3 is 103 Å². The van der Waals surface area contributed by atoms with Crippen LogP contribution < -0.4 is 11.5 Å². The molecule has 23 heteroatoms. The van der Waals surface area contributed by atoms with Crippen LogP contribution in [0.25, 0.3) is 0 Å². The number of carboxylic acids is 1. The molecule has 30 atom stereocenters. The highest BCUT2D eigenvalue weighted by Crippen LogP contribution is 2.58. The van der Waals surface area contributed by atoms with Gasteiger partial charge in [-0.05, 0) is 62.5 Å². The number of nitrogens with two attached hydrogens (primary N) is 2. The van der Waals surface area contributed by atoms with Gasteiger partial charge in [-0.15, -0.1) is 0 Å². The summed E-state index contributed by atoms with van der Waals surface area (Å²) >= 11 is 0. The van der Waals surface area contributed by atoms with Crippen molar-refractivity contribution in [3.63, 3.8) is 0 Å². The topological polar surface area (TPSA) is 317 Å². The van der Waals surface area contributed by atoms with Gasteiger partial charge in [-0.3, -0.25) is 9.59 Å². The second-order valence-corrected chi connectivity index (χ2v) is 25.4. The zero-order chi connectivity index (χ0) is 53.7. The molecule has 15 fully saturated rings. The number of hydrogen-bond donors (Lipinski definition) is 7. The number of ether oxygens (including phenoxy) is 14. The van der Waals surface area contributed by atoms with Gasteiger partial charge in [-0.25, -0.2) is 0 Å². The lowest BCUT2D eigenvalue weighted by atomic mass is 9.83. The second kappa shape index (κ2) is 20.2. The predicted octanol–water partition coefficient (Wildman–Crippen LogP) is 0.472. The van der Waals surface area contributed by atoms with Crippen molar-refractivity contribution in [1.82, 2.24) is 0 Å². The first kappa shape index (κ1) is 53.7. The van der Waals surface area contributed by atoms with Gasteiger partial charge in [-0.2, -0.15) is 0 Å². The standard InChI is InChI=1S/C55H78N2O21/c1-22-11-26-7-10-54-52(63)55(64)51(78-54)50-49(77-55)48(76-54)47-33(72-50)6-4-25(68-47)15-45(62)71-42-19-41-40(70-39(42)17-34-23(2)28(56)12-24(66-34)3-5-32(22)65-26)18-38-37(69-41)14-27(67-38)13-36-30(58)8-9-53(74-36)21-29(57)46-43(75-53)16-31(59)35(73-46)20-44(60)61/h24-43,46-52,58-59,63-64H,1-21,56-57H2,(H,60,61)/t24-,25+,26-,27-,28+,29-,30-,31+,32-,33-,34+,35+,36-,37?,38+,39-,40-,41?,42+,43-,46-,47-,48-,49-,50?,51-,52?,53+,54+,55?/m0/s1. The van der Waals surface area contributed by atoms with Crippen molar-refractivity contribution in [3.8, 4) is 0 Å². The highest BCUT2D eigenvalue weighted by atomic mass is 16.8. The molecular weight excluding hydrogens is 1020 g/mol. The van der Waals surface area contributed by atoms with Crippen LogP contribution in [-0.4, -0.2) is 220 Å². The Kier molecular flexibility index (Phi) is 13.9. The molecule has 0 amide bonds. The Morgan fingerprint density at radius 1 is 0.590 bits per heavy atom. The number of hydrogen-bond acceptors (Lipinski definition) is 22. The molecule has 15 aliphatic rings. The van der Waals surface area contributed by atoms with Crippen molar-refractivity contribution in [2.75, 3.05) is 0 Å². The summed E-state index contributed by atoms with van der Waals surface area (Å²) in [5, 5.41) is 55.2. The van der Waals surface area contributed by atoms with E-state index in [2.05, 4.69) is 13.2 Å². The van der Waals surface area contributed by atoms with Gasteiger partial charge >= 0.3 is 11.9 Å². The first-order valence-corrected chi connectivity index (χ1v) is 29.1. The Hall–Kier alpha value is -2.34. The maximum Gasteiger partial charge on any atom is 0.308 e. The molecule has 5 unspecified atom stereocenters. The van der Waals surface area contributed by atoms with E-state index in [1.165, 1.54) is 0 Å². The molecule has 78 heavy (non-hydrogen) atoms. The number of aliphatic carboxylic acids is 1. The number of aliphatic hydroxyl groups excluding tert-OH is 3. The lowest BCUT2D eigenvalue weighted by Gasteiger charge is -2.54. The van der Waals surface area contributed by atoms with E-state index in [0.29, 0.717) is 89.9 Å². The minimum absolute atomic E-state index is 0.0681. The molecule has 15 rings (SSSR count). The van der Waals surface area contributed by atoms with Crippen LogP contribution in [0.15, 0.2) is 24.3 Å². The normalized spacial score (nSPS) is 56.5. The molecule has 434 valence electrons. The van der Waals surface area contributed by atoms with E-state index >= 15 is 0 Å². The lowest BCUT2D eigenvalue weighted by Crippen LogP contribution is -2.66. The van der Waals surface area contributed by atoms with Gasteiger partial charge in [0, 0.05) is 69.9 Å². The summed E-state index contributed by atoms with van der Waals surface area (Å²) in [6.07, 6.45) is -8.40. The van der Waals surface area contributed by atoms with Gasteiger partial charge in [0.25, 0.3) is 0 Å². The summed E-state index contributed by atoms with van der Waals surface area (Å²) in [7, 11) is 0. The van der Waals surface area contributed by atoms with Crippen LogP contribution in [0.1, 0.15) is 122 Å². The highest BCUT2D eigenvalue weighted by Gasteiger charge is 2.79. The molecule has 23 nitrogen and oxygen atoms in total. The monoisotopic (exact) mass is 1100 g/mol. The Balaban J connectivity index is 0.673. The smallest absolute Gasteiger partial charge is 0.308 e. The number of carboxylic acid groups (broad SMARTS) is 1. The van der Waals surface area contributed by atoms with E-state index in [9.17, 15) is 35.1 Å².